The summed E-state index contributed by atoms with van der Waals surface area (Å²) in [6, 6.07) is 6.17. The number of hydrogen-bond donors (Lipinski definition) is 3. The molecule has 200 valence electrons. The Morgan fingerprint density at radius 1 is 1.14 bits per heavy atom. The number of benzene rings is 1. The predicted molar refractivity (Wildman–Crippen MR) is 139 cm³/mol. The average molecular weight is 530 g/mol. The Bertz CT molecular complexity index is 1060. The normalized spacial score (nSPS) is 27.5. The van der Waals surface area contributed by atoms with Gasteiger partial charge in [-0.1, -0.05) is 50.4 Å². The van der Waals surface area contributed by atoms with Crippen molar-refractivity contribution in [3.8, 4) is 6.07 Å². The van der Waals surface area contributed by atoms with E-state index in [9.17, 15) is 24.4 Å². The second kappa shape index (κ2) is 12.9. The lowest BCUT2D eigenvalue weighted by Crippen LogP contribution is -2.55. The van der Waals surface area contributed by atoms with E-state index in [1.807, 2.05) is 13.8 Å². The van der Waals surface area contributed by atoms with E-state index in [1.54, 1.807) is 31.3 Å². The molecule has 1 aromatic carbocycles. The van der Waals surface area contributed by atoms with Crippen LogP contribution in [0.2, 0.25) is 5.02 Å². The van der Waals surface area contributed by atoms with Gasteiger partial charge < -0.3 is 20.9 Å². The van der Waals surface area contributed by atoms with Gasteiger partial charge >= 0.3 is 0 Å². The van der Waals surface area contributed by atoms with Gasteiger partial charge in [0, 0.05) is 19.0 Å². The third-order valence-electron chi connectivity index (χ3n) is 7.11. The number of rotatable bonds is 4. The molecule has 2 saturated heterocycles. The molecule has 2 aliphatic heterocycles. The Kier molecular flexibility index (Phi) is 9.93. The molecule has 0 aromatic heterocycles. The van der Waals surface area contributed by atoms with Crippen molar-refractivity contribution in [1.82, 2.24) is 20.9 Å². The summed E-state index contributed by atoms with van der Waals surface area (Å²) in [6.07, 6.45) is 3.72. The molecular formula is C27H36ClN5O4. The summed E-state index contributed by atoms with van der Waals surface area (Å²) in [5.74, 6) is -1.63. The van der Waals surface area contributed by atoms with Gasteiger partial charge in [-0.2, -0.15) is 5.26 Å². The lowest BCUT2D eigenvalue weighted by atomic mass is 9.94. The fourth-order valence-corrected chi connectivity index (χ4v) is 5.30. The highest BCUT2D eigenvalue weighted by Crippen LogP contribution is 2.25. The van der Waals surface area contributed by atoms with Crippen LogP contribution in [0.25, 0.3) is 0 Å². The number of nitriles is 1. The van der Waals surface area contributed by atoms with Crippen LogP contribution in [-0.4, -0.2) is 59.7 Å². The lowest BCUT2D eigenvalue weighted by molar-refractivity contribution is -0.141. The first-order chi connectivity index (χ1) is 17.6. The van der Waals surface area contributed by atoms with Gasteiger partial charge in [0.15, 0.2) is 0 Å². The van der Waals surface area contributed by atoms with Crippen LogP contribution in [0.3, 0.4) is 0 Å². The molecule has 10 heteroatoms. The van der Waals surface area contributed by atoms with E-state index in [1.165, 1.54) is 4.90 Å². The van der Waals surface area contributed by atoms with E-state index in [-0.39, 0.29) is 46.7 Å². The third kappa shape index (κ3) is 7.45. The molecule has 0 spiro atoms. The molecular weight excluding hydrogens is 494 g/mol. The standard InChI is InChI=1S/C27H36ClN5O4/c1-16(2)12-23-26(36)31-19(15-29)14-17-13-18(30-24(17)34)8-4-7-11-22(27(37)33(23)3)32-25(35)20-9-5-6-10-21(20)28/h5-6,9-10,16-19,22-23H,4,7-8,11-14H2,1-3H3,(H,30,34)(H,31,36)(H,32,35)/t17-,18+,19-,22-,23-/m0/s1. The van der Waals surface area contributed by atoms with Crippen molar-refractivity contribution in [3.63, 3.8) is 0 Å². The first kappa shape index (κ1) is 28.5. The summed E-state index contributed by atoms with van der Waals surface area (Å²) in [5.41, 5.74) is 0.267. The summed E-state index contributed by atoms with van der Waals surface area (Å²) in [5, 5.41) is 18.6. The molecule has 2 heterocycles. The highest BCUT2D eigenvalue weighted by molar-refractivity contribution is 6.33. The number of hydrogen-bond acceptors (Lipinski definition) is 5. The molecule has 0 radical (unpaired) electrons. The summed E-state index contributed by atoms with van der Waals surface area (Å²) in [4.78, 5) is 53.9. The van der Waals surface area contributed by atoms with Gasteiger partial charge in [-0.05, 0) is 50.2 Å². The number of carbonyl (C=O) groups excluding carboxylic acids is 4. The van der Waals surface area contributed by atoms with Gasteiger partial charge in [-0.3, -0.25) is 19.2 Å². The van der Waals surface area contributed by atoms with Crippen LogP contribution in [0.4, 0.5) is 0 Å². The summed E-state index contributed by atoms with van der Waals surface area (Å²) < 4.78 is 0. The molecule has 2 fully saturated rings. The van der Waals surface area contributed by atoms with E-state index < -0.39 is 29.9 Å². The van der Waals surface area contributed by atoms with Crippen LogP contribution in [0, 0.1) is 23.2 Å². The quantitative estimate of drug-likeness (QED) is 0.552. The van der Waals surface area contributed by atoms with Crippen LogP contribution < -0.4 is 16.0 Å². The topological polar surface area (TPSA) is 131 Å². The van der Waals surface area contributed by atoms with Crippen LogP contribution >= 0.6 is 11.6 Å². The summed E-state index contributed by atoms with van der Waals surface area (Å²) in [6.45, 7) is 3.89. The van der Waals surface area contributed by atoms with Crippen molar-refractivity contribution >= 4 is 35.2 Å². The molecule has 0 saturated carbocycles. The molecule has 0 aliphatic carbocycles. The maximum Gasteiger partial charge on any atom is 0.253 e. The summed E-state index contributed by atoms with van der Waals surface area (Å²) >= 11 is 6.20. The molecule has 2 bridgehead atoms. The van der Waals surface area contributed by atoms with Crippen LogP contribution in [-0.2, 0) is 14.4 Å². The minimum absolute atomic E-state index is 0.0131. The zero-order chi connectivity index (χ0) is 27.1. The predicted octanol–water partition coefficient (Wildman–Crippen LogP) is 2.79. The molecule has 4 amide bonds. The number of fused-ring (bicyclic) bond motifs is 2. The second-order valence-corrected chi connectivity index (χ2v) is 10.9. The van der Waals surface area contributed by atoms with Gasteiger partial charge in [0.25, 0.3) is 5.91 Å². The van der Waals surface area contributed by atoms with E-state index in [2.05, 4.69) is 22.0 Å². The van der Waals surface area contributed by atoms with Crippen molar-refractivity contribution in [2.75, 3.05) is 7.05 Å². The van der Waals surface area contributed by atoms with Gasteiger partial charge in [0.2, 0.25) is 17.7 Å². The zero-order valence-corrected chi connectivity index (χ0v) is 22.4. The molecule has 3 rings (SSSR count). The second-order valence-electron chi connectivity index (χ2n) is 10.4. The Morgan fingerprint density at radius 3 is 2.51 bits per heavy atom. The lowest BCUT2D eigenvalue weighted by Gasteiger charge is -2.32. The van der Waals surface area contributed by atoms with E-state index >= 15 is 0 Å². The number of amides is 4. The zero-order valence-electron chi connectivity index (χ0n) is 21.6. The first-order valence-corrected chi connectivity index (χ1v) is 13.3. The maximum atomic E-state index is 13.7. The number of carbonyl (C=O) groups is 4. The SMILES string of the molecule is CC(C)C[C@H]1C(=O)N[C@H](C#N)C[C@@H]2C[C@@H](CCCC[C@H](NC(=O)c3ccccc3Cl)C(=O)N1C)NC2=O. The highest BCUT2D eigenvalue weighted by atomic mass is 35.5. The van der Waals surface area contributed by atoms with E-state index in [0.717, 1.165) is 12.8 Å². The number of likely N-dealkylation sites (N-methyl/N-ethyl adjacent to an activating group) is 1. The molecule has 3 N–H and O–H groups in total. The summed E-state index contributed by atoms with van der Waals surface area (Å²) in [7, 11) is 1.55. The largest absolute Gasteiger partial charge is 0.353 e. The Labute approximate surface area is 223 Å². The minimum Gasteiger partial charge on any atom is -0.353 e. The Morgan fingerprint density at radius 2 is 1.84 bits per heavy atom. The van der Waals surface area contributed by atoms with Gasteiger partial charge in [-0.15, -0.1) is 0 Å². The van der Waals surface area contributed by atoms with Crippen LogP contribution in [0.15, 0.2) is 24.3 Å². The third-order valence-corrected chi connectivity index (χ3v) is 7.44. The van der Waals surface area contributed by atoms with Crippen molar-refractivity contribution in [1.29, 1.82) is 5.26 Å². The van der Waals surface area contributed by atoms with Crippen molar-refractivity contribution in [2.45, 2.75) is 83.0 Å². The smallest absolute Gasteiger partial charge is 0.253 e. The Hall–Kier alpha value is -3.12. The van der Waals surface area contributed by atoms with E-state index in [4.69, 9.17) is 11.6 Å². The highest BCUT2D eigenvalue weighted by Gasteiger charge is 2.37. The van der Waals surface area contributed by atoms with Gasteiger partial charge in [0.1, 0.15) is 18.1 Å². The van der Waals surface area contributed by atoms with Crippen LogP contribution in [0.1, 0.15) is 69.2 Å². The molecule has 1 aromatic rings. The maximum absolute atomic E-state index is 13.7. The average Bonchev–Trinajstić information content (AvgIpc) is 3.21. The van der Waals surface area contributed by atoms with Crippen molar-refractivity contribution < 1.29 is 19.2 Å². The van der Waals surface area contributed by atoms with Gasteiger partial charge in [0.05, 0.1) is 16.7 Å². The Balaban J connectivity index is 1.89. The van der Waals surface area contributed by atoms with Crippen LogP contribution in [0.5, 0.6) is 0 Å². The molecule has 2 aliphatic rings. The molecule has 37 heavy (non-hydrogen) atoms. The first-order valence-electron chi connectivity index (χ1n) is 12.9. The minimum atomic E-state index is -0.862. The van der Waals surface area contributed by atoms with Gasteiger partial charge in [-0.25, -0.2) is 0 Å². The number of nitrogens with one attached hydrogen (secondary N) is 3. The van der Waals surface area contributed by atoms with E-state index in [0.29, 0.717) is 25.7 Å². The fourth-order valence-electron chi connectivity index (χ4n) is 5.08. The van der Waals surface area contributed by atoms with Crippen molar-refractivity contribution in [3.05, 3.63) is 34.9 Å². The number of halogens is 1. The van der Waals surface area contributed by atoms with Crippen molar-refractivity contribution in [2.24, 2.45) is 11.8 Å². The molecule has 9 nitrogen and oxygen atoms in total. The fraction of sp³-hybridized carbons (Fsp3) is 0.593. The monoisotopic (exact) mass is 529 g/mol. The molecule has 5 atom stereocenters. The molecule has 0 unspecified atom stereocenters. The number of nitrogens with zero attached hydrogens (tertiary/aromatic N) is 2.